The van der Waals surface area contributed by atoms with Gasteiger partial charge in [0.25, 0.3) is 0 Å². The number of rotatable bonds is 3. The van der Waals surface area contributed by atoms with Gasteiger partial charge in [-0.05, 0) is 27.7 Å². The minimum Gasteiger partial charge on any atom is -0.399 e. The second kappa shape index (κ2) is 4.58. The van der Waals surface area contributed by atoms with Gasteiger partial charge in [0.1, 0.15) is 12.6 Å². The number of benzene rings is 1. The largest absolute Gasteiger partial charge is 0.496 e. The Kier molecular flexibility index (Phi) is 3.37. The third kappa shape index (κ3) is 2.24. The zero-order valence-electron chi connectivity index (χ0n) is 11.6. The highest BCUT2D eigenvalue weighted by Crippen LogP contribution is 2.36. The fourth-order valence-electron chi connectivity index (χ4n) is 2.04. The SMILES string of the molecule is CC1(C)OB(c2c(C=O)cccc2C=O)OC1(C)C. The van der Waals surface area contributed by atoms with Crippen LogP contribution in [-0.4, -0.2) is 30.9 Å². The van der Waals surface area contributed by atoms with Crippen LogP contribution in [0.2, 0.25) is 0 Å². The highest BCUT2D eigenvalue weighted by molar-refractivity contribution is 6.64. The predicted octanol–water partition coefficient (Wildman–Crippen LogP) is 1.61. The smallest absolute Gasteiger partial charge is 0.399 e. The first kappa shape index (κ1) is 14.0. The quantitative estimate of drug-likeness (QED) is 0.612. The average Bonchev–Trinajstić information content (AvgIpc) is 2.57. The molecule has 1 aliphatic rings. The lowest BCUT2D eigenvalue weighted by Crippen LogP contribution is -2.41. The van der Waals surface area contributed by atoms with Crippen LogP contribution in [0.25, 0.3) is 0 Å². The highest BCUT2D eigenvalue weighted by atomic mass is 16.7. The Hall–Kier alpha value is -1.46. The maximum Gasteiger partial charge on any atom is 0.496 e. The third-order valence-corrected chi connectivity index (χ3v) is 3.92. The van der Waals surface area contributed by atoms with Crippen molar-refractivity contribution in [2.75, 3.05) is 0 Å². The molecule has 0 aliphatic carbocycles. The van der Waals surface area contributed by atoms with E-state index in [-0.39, 0.29) is 0 Å². The van der Waals surface area contributed by atoms with Gasteiger partial charge in [0, 0.05) is 16.6 Å². The molecule has 1 aromatic rings. The molecule has 0 saturated carbocycles. The lowest BCUT2D eigenvalue weighted by Gasteiger charge is -2.32. The molecule has 0 N–H and O–H groups in total. The van der Waals surface area contributed by atoms with Crippen LogP contribution in [0, 0.1) is 0 Å². The lowest BCUT2D eigenvalue weighted by molar-refractivity contribution is 0.00578. The van der Waals surface area contributed by atoms with Crippen LogP contribution >= 0.6 is 0 Å². The van der Waals surface area contributed by atoms with Crippen LogP contribution in [0.3, 0.4) is 0 Å². The topological polar surface area (TPSA) is 52.6 Å². The summed E-state index contributed by atoms with van der Waals surface area (Å²) in [7, 11) is -0.702. The molecule has 19 heavy (non-hydrogen) atoms. The zero-order chi connectivity index (χ0) is 14.3. The molecule has 0 spiro atoms. The van der Waals surface area contributed by atoms with E-state index in [9.17, 15) is 9.59 Å². The Bertz CT molecular complexity index is 480. The van der Waals surface area contributed by atoms with Crippen molar-refractivity contribution in [2.45, 2.75) is 38.9 Å². The first-order valence-corrected chi connectivity index (χ1v) is 6.21. The van der Waals surface area contributed by atoms with E-state index in [2.05, 4.69) is 0 Å². The van der Waals surface area contributed by atoms with Crippen molar-refractivity contribution in [1.82, 2.24) is 0 Å². The van der Waals surface area contributed by atoms with Gasteiger partial charge in [0.15, 0.2) is 0 Å². The van der Waals surface area contributed by atoms with Gasteiger partial charge in [0.05, 0.1) is 11.2 Å². The van der Waals surface area contributed by atoms with Gasteiger partial charge in [0.2, 0.25) is 0 Å². The van der Waals surface area contributed by atoms with E-state index in [1.165, 1.54) is 0 Å². The summed E-state index contributed by atoms with van der Waals surface area (Å²) in [5, 5.41) is 0. The number of hydrogen-bond acceptors (Lipinski definition) is 4. The fraction of sp³-hybridized carbons (Fsp3) is 0.429. The summed E-state index contributed by atoms with van der Waals surface area (Å²) in [4.78, 5) is 22.3. The van der Waals surface area contributed by atoms with Crippen LogP contribution in [0.5, 0.6) is 0 Å². The Balaban J connectivity index is 2.50. The van der Waals surface area contributed by atoms with Crippen molar-refractivity contribution < 1.29 is 18.9 Å². The van der Waals surface area contributed by atoms with Gasteiger partial charge in [-0.3, -0.25) is 9.59 Å². The van der Waals surface area contributed by atoms with Crippen molar-refractivity contribution >= 4 is 25.2 Å². The predicted molar refractivity (Wildman–Crippen MR) is 72.9 cm³/mol. The van der Waals surface area contributed by atoms with Crippen molar-refractivity contribution in [3.8, 4) is 0 Å². The summed E-state index contributed by atoms with van der Waals surface area (Å²) in [5.74, 6) is 0. The lowest BCUT2D eigenvalue weighted by atomic mass is 9.73. The molecule has 5 heteroatoms. The molecule has 1 fully saturated rings. The van der Waals surface area contributed by atoms with Gasteiger partial charge >= 0.3 is 7.12 Å². The van der Waals surface area contributed by atoms with Crippen molar-refractivity contribution in [1.29, 1.82) is 0 Å². The van der Waals surface area contributed by atoms with E-state index >= 15 is 0 Å². The average molecular weight is 260 g/mol. The van der Waals surface area contributed by atoms with Crippen molar-refractivity contribution in [2.24, 2.45) is 0 Å². The minimum absolute atomic E-state index is 0.420. The summed E-state index contributed by atoms with van der Waals surface area (Å²) in [5.41, 5.74) is 0.333. The van der Waals surface area contributed by atoms with E-state index in [1.54, 1.807) is 18.2 Å². The van der Waals surface area contributed by atoms with Crippen LogP contribution < -0.4 is 5.46 Å². The molecule has 0 unspecified atom stereocenters. The van der Waals surface area contributed by atoms with E-state index in [0.29, 0.717) is 29.2 Å². The highest BCUT2D eigenvalue weighted by Gasteiger charge is 2.52. The first-order valence-electron chi connectivity index (χ1n) is 6.21. The summed E-state index contributed by atoms with van der Waals surface area (Å²) in [6.45, 7) is 7.71. The van der Waals surface area contributed by atoms with Gasteiger partial charge in [-0.25, -0.2) is 0 Å². The summed E-state index contributed by atoms with van der Waals surface area (Å²) in [6.07, 6.45) is 1.43. The number of carbonyl (C=O) groups is 2. The van der Waals surface area contributed by atoms with E-state index in [1.807, 2.05) is 27.7 Å². The van der Waals surface area contributed by atoms with Crippen LogP contribution in [0.1, 0.15) is 48.4 Å². The summed E-state index contributed by atoms with van der Waals surface area (Å²) < 4.78 is 11.8. The van der Waals surface area contributed by atoms with Gasteiger partial charge in [-0.15, -0.1) is 0 Å². The second-order valence-electron chi connectivity index (χ2n) is 5.67. The molecule has 2 rings (SSSR count). The van der Waals surface area contributed by atoms with Gasteiger partial charge in [-0.1, -0.05) is 18.2 Å². The molecule has 0 aromatic heterocycles. The molecule has 1 heterocycles. The maximum atomic E-state index is 11.1. The number of aldehydes is 2. The number of carbonyl (C=O) groups excluding carboxylic acids is 2. The van der Waals surface area contributed by atoms with Gasteiger partial charge in [-0.2, -0.15) is 0 Å². The summed E-state index contributed by atoms with van der Waals surface area (Å²) >= 11 is 0. The Morgan fingerprint density at radius 1 is 0.947 bits per heavy atom. The Morgan fingerprint density at radius 2 is 1.37 bits per heavy atom. The molecular weight excluding hydrogens is 243 g/mol. The molecule has 1 aromatic carbocycles. The molecule has 0 atom stereocenters. The van der Waals surface area contributed by atoms with Gasteiger partial charge < -0.3 is 9.31 Å². The van der Waals surface area contributed by atoms with Crippen LogP contribution in [-0.2, 0) is 9.31 Å². The molecule has 1 saturated heterocycles. The normalized spacial score (nSPS) is 20.3. The number of hydrogen-bond donors (Lipinski definition) is 0. The molecule has 100 valence electrons. The summed E-state index contributed by atoms with van der Waals surface area (Å²) in [6, 6.07) is 4.98. The monoisotopic (exact) mass is 260 g/mol. The molecular formula is C14H17BO4. The molecule has 4 nitrogen and oxygen atoms in total. The molecule has 0 bridgehead atoms. The van der Waals surface area contributed by atoms with Crippen LogP contribution in [0.15, 0.2) is 18.2 Å². The fourth-order valence-corrected chi connectivity index (χ4v) is 2.04. The van der Waals surface area contributed by atoms with E-state index < -0.39 is 18.3 Å². The standard InChI is InChI=1S/C14H17BO4/c1-13(2)14(3,4)19-15(18-13)12-10(8-16)6-5-7-11(12)9-17/h5-9H,1-4H3. The van der Waals surface area contributed by atoms with Crippen molar-refractivity contribution in [3.05, 3.63) is 29.3 Å². The molecule has 0 amide bonds. The first-order chi connectivity index (χ1) is 8.82. The Morgan fingerprint density at radius 3 is 1.74 bits per heavy atom. The second-order valence-corrected chi connectivity index (χ2v) is 5.67. The Labute approximate surface area is 113 Å². The molecule has 1 aliphatic heterocycles. The van der Waals surface area contributed by atoms with Crippen molar-refractivity contribution in [3.63, 3.8) is 0 Å². The minimum atomic E-state index is -0.702. The van der Waals surface area contributed by atoms with Crippen LogP contribution in [0.4, 0.5) is 0 Å². The molecule has 0 radical (unpaired) electrons. The third-order valence-electron chi connectivity index (χ3n) is 3.92. The zero-order valence-corrected chi connectivity index (χ0v) is 11.6. The van der Waals surface area contributed by atoms with E-state index in [4.69, 9.17) is 9.31 Å². The van der Waals surface area contributed by atoms with E-state index in [0.717, 1.165) is 0 Å². The maximum absolute atomic E-state index is 11.1.